The summed E-state index contributed by atoms with van der Waals surface area (Å²) in [4.78, 5) is 12.5. The molecule has 0 aromatic rings. The van der Waals surface area contributed by atoms with Crippen molar-refractivity contribution in [3.8, 4) is 0 Å². The summed E-state index contributed by atoms with van der Waals surface area (Å²) in [5.41, 5.74) is 0. The fourth-order valence-electron chi connectivity index (χ4n) is 1.32. The van der Waals surface area contributed by atoms with Crippen molar-refractivity contribution in [3.63, 3.8) is 0 Å². The van der Waals surface area contributed by atoms with E-state index in [1.165, 1.54) is 6.08 Å². The first kappa shape index (κ1) is 10.6. The van der Waals surface area contributed by atoms with Crippen LogP contribution in [0.3, 0.4) is 0 Å². The third kappa shape index (κ3) is 3.83. The van der Waals surface area contributed by atoms with Gasteiger partial charge in [0.1, 0.15) is 0 Å². The molecule has 1 rings (SSSR count). The van der Waals surface area contributed by atoms with Gasteiger partial charge in [-0.05, 0) is 6.92 Å². The van der Waals surface area contributed by atoms with Gasteiger partial charge in [-0.1, -0.05) is 6.08 Å². The summed E-state index contributed by atoms with van der Waals surface area (Å²) in [5, 5.41) is 8.40. The molecule has 4 heteroatoms. The molecule has 0 spiro atoms. The van der Waals surface area contributed by atoms with Crippen LogP contribution >= 0.6 is 11.8 Å². The average Bonchev–Trinajstić information content (AvgIpc) is 2.08. The van der Waals surface area contributed by atoms with Gasteiger partial charge in [0.15, 0.2) is 0 Å². The normalized spacial score (nSPS) is 25.2. The first-order valence-corrected chi connectivity index (χ1v) is 5.57. The zero-order valence-corrected chi connectivity index (χ0v) is 8.59. The Morgan fingerprint density at radius 1 is 1.77 bits per heavy atom. The quantitative estimate of drug-likeness (QED) is 0.693. The molecule has 1 saturated heterocycles. The highest BCUT2D eigenvalue weighted by atomic mass is 32.2. The van der Waals surface area contributed by atoms with E-state index in [-0.39, 0.29) is 0 Å². The van der Waals surface area contributed by atoms with E-state index in [0.717, 1.165) is 24.6 Å². The number of nitrogens with zero attached hydrogens (tertiary/aromatic N) is 1. The number of aliphatic carboxylic acids is 1. The Balaban J connectivity index is 2.30. The largest absolute Gasteiger partial charge is 0.478 e. The minimum atomic E-state index is -0.862. The lowest BCUT2D eigenvalue weighted by Crippen LogP contribution is -2.40. The maximum Gasteiger partial charge on any atom is 0.328 e. The Hall–Kier alpha value is -0.480. The van der Waals surface area contributed by atoms with Crippen LogP contribution in [0.15, 0.2) is 12.2 Å². The van der Waals surface area contributed by atoms with Crippen LogP contribution in [0.1, 0.15) is 6.92 Å². The minimum absolute atomic E-state index is 0.567. The van der Waals surface area contributed by atoms with E-state index in [4.69, 9.17) is 5.11 Å². The van der Waals surface area contributed by atoms with Crippen LogP contribution in [0.2, 0.25) is 0 Å². The Morgan fingerprint density at radius 3 is 3.15 bits per heavy atom. The van der Waals surface area contributed by atoms with Crippen molar-refractivity contribution in [1.82, 2.24) is 4.90 Å². The van der Waals surface area contributed by atoms with Crippen molar-refractivity contribution in [3.05, 3.63) is 12.2 Å². The number of thioether (sulfide) groups is 1. The van der Waals surface area contributed by atoms with Crippen molar-refractivity contribution in [2.75, 3.05) is 24.6 Å². The number of rotatable bonds is 3. The molecule has 1 unspecified atom stereocenters. The molecule has 1 aliphatic heterocycles. The fraction of sp³-hybridized carbons (Fsp3) is 0.667. The van der Waals surface area contributed by atoms with Crippen LogP contribution in [0.25, 0.3) is 0 Å². The smallest absolute Gasteiger partial charge is 0.328 e. The molecule has 0 radical (unpaired) electrons. The first-order chi connectivity index (χ1) is 6.20. The molecule has 0 aliphatic carbocycles. The lowest BCUT2D eigenvalue weighted by molar-refractivity contribution is -0.131. The molecule has 74 valence electrons. The van der Waals surface area contributed by atoms with Gasteiger partial charge in [-0.25, -0.2) is 4.79 Å². The maximum atomic E-state index is 10.2. The summed E-state index contributed by atoms with van der Waals surface area (Å²) >= 11 is 1.96. The number of carboxylic acids is 1. The van der Waals surface area contributed by atoms with Crippen molar-refractivity contribution < 1.29 is 9.90 Å². The topological polar surface area (TPSA) is 40.5 Å². The van der Waals surface area contributed by atoms with Crippen LogP contribution in [-0.4, -0.2) is 46.6 Å². The van der Waals surface area contributed by atoms with E-state index in [0.29, 0.717) is 6.04 Å². The predicted octanol–water partition coefficient (Wildman–Crippen LogP) is 1.06. The lowest BCUT2D eigenvalue weighted by Gasteiger charge is -2.31. The second-order valence-electron chi connectivity index (χ2n) is 3.16. The van der Waals surface area contributed by atoms with Crippen LogP contribution in [-0.2, 0) is 4.79 Å². The second-order valence-corrected chi connectivity index (χ2v) is 4.31. The summed E-state index contributed by atoms with van der Waals surface area (Å²) in [6, 6.07) is 0.567. The first-order valence-electron chi connectivity index (χ1n) is 4.41. The molecule has 1 atom stereocenters. The van der Waals surface area contributed by atoms with Crippen molar-refractivity contribution >= 4 is 17.7 Å². The molecule has 1 aliphatic rings. The molecule has 13 heavy (non-hydrogen) atoms. The number of hydrogen-bond acceptors (Lipinski definition) is 3. The highest BCUT2D eigenvalue weighted by Crippen LogP contribution is 2.15. The van der Waals surface area contributed by atoms with E-state index in [9.17, 15) is 4.79 Å². The molecular formula is C9H15NO2S. The minimum Gasteiger partial charge on any atom is -0.478 e. The number of hydrogen-bond donors (Lipinski definition) is 1. The van der Waals surface area contributed by atoms with Crippen molar-refractivity contribution in [2.45, 2.75) is 13.0 Å². The van der Waals surface area contributed by atoms with Gasteiger partial charge in [0.25, 0.3) is 0 Å². The van der Waals surface area contributed by atoms with E-state index in [2.05, 4.69) is 11.8 Å². The van der Waals surface area contributed by atoms with Crippen molar-refractivity contribution in [1.29, 1.82) is 0 Å². The summed E-state index contributed by atoms with van der Waals surface area (Å²) in [6.07, 6.45) is 2.93. The zero-order chi connectivity index (χ0) is 9.68. The highest BCUT2D eigenvalue weighted by Gasteiger charge is 2.16. The van der Waals surface area contributed by atoms with E-state index in [1.54, 1.807) is 6.08 Å². The van der Waals surface area contributed by atoms with Gasteiger partial charge in [0.05, 0.1) is 0 Å². The molecule has 0 aromatic carbocycles. The maximum absolute atomic E-state index is 10.2. The number of carbonyl (C=O) groups is 1. The number of carboxylic acid groups (broad SMARTS) is 1. The predicted molar refractivity (Wildman–Crippen MR) is 55.1 cm³/mol. The highest BCUT2D eigenvalue weighted by molar-refractivity contribution is 7.99. The summed E-state index contributed by atoms with van der Waals surface area (Å²) < 4.78 is 0. The Kier molecular flexibility index (Phi) is 4.32. The molecule has 0 amide bonds. The van der Waals surface area contributed by atoms with Crippen LogP contribution in [0.4, 0.5) is 0 Å². The van der Waals surface area contributed by atoms with Gasteiger partial charge in [0.2, 0.25) is 0 Å². The zero-order valence-electron chi connectivity index (χ0n) is 7.77. The molecule has 1 N–H and O–H groups in total. The van der Waals surface area contributed by atoms with Gasteiger partial charge in [-0.2, -0.15) is 11.8 Å². The summed E-state index contributed by atoms with van der Waals surface area (Å²) in [6.45, 7) is 4.00. The van der Waals surface area contributed by atoms with Crippen LogP contribution in [0, 0.1) is 0 Å². The van der Waals surface area contributed by atoms with E-state index < -0.39 is 5.97 Å². The Labute approximate surface area is 82.8 Å². The molecular weight excluding hydrogens is 186 g/mol. The monoisotopic (exact) mass is 201 g/mol. The third-order valence-electron chi connectivity index (χ3n) is 2.11. The van der Waals surface area contributed by atoms with Gasteiger partial charge >= 0.3 is 5.97 Å². The SMILES string of the molecule is CC1CSCCN1CC=CC(=O)O. The Bertz CT molecular complexity index is 206. The van der Waals surface area contributed by atoms with Crippen LogP contribution < -0.4 is 0 Å². The molecule has 0 aromatic heterocycles. The average molecular weight is 201 g/mol. The van der Waals surface area contributed by atoms with Gasteiger partial charge in [-0.15, -0.1) is 0 Å². The standard InChI is InChI=1S/C9H15NO2S/c1-8-7-13-6-5-10(8)4-2-3-9(11)12/h2-3,8H,4-7H2,1H3,(H,11,12). The molecule has 3 nitrogen and oxygen atoms in total. The lowest BCUT2D eigenvalue weighted by atomic mass is 10.3. The van der Waals surface area contributed by atoms with E-state index in [1.807, 2.05) is 11.8 Å². The second kappa shape index (κ2) is 5.29. The van der Waals surface area contributed by atoms with Gasteiger partial charge in [-0.3, -0.25) is 4.90 Å². The van der Waals surface area contributed by atoms with E-state index >= 15 is 0 Å². The third-order valence-corrected chi connectivity index (χ3v) is 3.29. The van der Waals surface area contributed by atoms with Gasteiger partial charge in [0, 0.05) is 36.7 Å². The molecule has 0 bridgehead atoms. The Morgan fingerprint density at radius 2 is 2.54 bits per heavy atom. The van der Waals surface area contributed by atoms with Crippen molar-refractivity contribution in [2.24, 2.45) is 0 Å². The summed E-state index contributed by atoms with van der Waals surface area (Å²) in [5.74, 6) is 1.45. The molecule has 1 heterocycles. The fourth-order valence-corrected chi connectivity index (χ4v) is 2.40. The van der Waals surface area contributed by atoms with Crippen LogP contribution in [0.5, 0.6) is 0 Å². The molecule has 1 fully saturated rings. The van der Waals surface area contributed by atoms with Gasteiger partial charge < -0.3 is 5.11 Å². The summed E-state index contributed by atoms with van der Waals surface area (Å²) in [7, 11) is 0. The molecule has 0 saturated carbocycles.